The lowest BCUT2D eigenvalue weighted by Crippen LogP contribution is -2.64. The zero-order valence-corrected chi connectivity index (χ0v) is 17.0. The summed E-state index contributed by atoms with van der Waals surface area (Å²) in [5, 5.41) is 0. The first-order valence-electron chi connectivity index (χ1n) is 9.26. The highest BCUT2D eigenvalue weighted by atomic mass is 15.3. The van der Waals surface area contributed by atoms with Gasteiger partial charge in [0.25, 0.3) is 0 Å². The Morgan fingerprint density at radius 1 is 0.818 bits per heavy atom. The molecule has 0 aromatic carbocycles. The van der Waals surface area contributed by atoms with Crippen LogP contribution >= 0.6 is 0 Å². The SMILES string of the molecule is [B]C1C(C)(C)CC(C)(C)N(C(CC)CC)C(C)(C)CC1(C)C. The average Bonchev–Trinajstić information content (AvgIpc) is 2.30. The van der Waals surface area contributed by atoms with E-state index in [9.17, 15) is 0 Å². The second-order valence-corrected chi connectivity index (χ2v) is 10.3. The fourth-order valence-electron chi connectivity index (χ4n) is 6.14. The van der Waals surface area contributed by atoms with Crippen molar-refractivity contribution in [3.63, 3.8) is 0 Å². The van der Waals surface area contributed by atoms with E-state index in [1.807, 2.05) is 0 Å². The molecule has 1 heterocycles. The van der Waals surface area contributed by atoms with Crippen LogP contribution in [0.25, 0.3) is 0 Å². The third kappa shape index (κ3) is 3.74. The number of hydrogen-bond acceptors (Lipinski definition) is 1. The summed E-state index contributed by atoms with van der Waals surface area (Å²) in [6.45, 7) is 23.9. The van der Waals surface area contributed by atoms with E-state index in [-0.39, 0.29) is 27.7 Å². The van der Waals surface area contributed by atoms with E-state index in [2.05, 4.69) is 74.1 Å². The molecule has 0 N–H and O–H groups in total. The quantitative estimate of drug-likeness (QED) is 0.592. The third-order valence-electron chi connectivity index (χ3n) is 6.07. The van der Waals surface area contributed by atoms with E-state index in [1.165, 1.54) is 12.8 Å². The van der Waals surface area contributed by atoms with Gasteiger partial charge in [-0.1, -0.05) is 47.4 Å². The van der Waals surface area contributed by atoms with Gasteiger partial charge in [0.1, 0.15) is 0 Å². The zero-order valence-electron chi connectivity index (χ0n) is 17.0. The Bertz CT molecular complexity index is 347. The normalized spacial score (nSPS) is 28.3. The van der Waals surface area contributed by atoms with Crippen LogP contribution in [0.3, 0.4) is 0 Å². The van der Waals surface area contributed by atoms with Gasteiger partial charge in [-0.3, -0.25) is 4.90 Å². The molecule has 1 nitrogen and oxygen atoms in total. The Morgan fingerprint density at radius 3 is 1.41 bits per heavy atom. The molecule has 0 saturated carbocycles. The zero-order chi connectivity index (χ0) is 17.6. The standard InChI is InChI=1S/C20H40BN/c1-11-15(12-2)22-19(7,8)13-17(3,4)16(21)18(5,6)14-20(22,9)10/h15-16H,11-14H2,1-10H3. The molecule has 1 aliphatic heterocycles. The molecule has 1 aliphatic rings. The predicted octanol–water partition coefficient (Wildman–Crippen LogP) is 5.84. The van der Waals surface area contributed by atoms with Gasteiger partial charge in [-0.05, 0) is 64.2 Å². The van der Waals surface area contributed by atoms with Crippen LogP contribution in [-0.2, 0) is 0 Å². The predicted molar refractivity (Wildman–Crippen MR) is 101 cm³/mol. The molecule has 0 amide bonds. The molecule has 22 heavy (non-hydrogen) atoms. The van der Waals surface area contributed by atoms with Gasteiger partial charge in [0.05, 0.1) is 7.85 Å². The molecule has 0 spiro atoms. The molecule has 2 heteroatoms. The molecule has 0 unspecified atom stereocenters. The second kappa shape index (κ2) is 6.15. The van der Waals surface area contributed by atoms with Gasteiger partial charge in [-0.15, -0.1) is 0 Å². The van der Waals surface area contributed by atoms with Crippen LogP contribution in [0.1, 0.15) is 94.9 Å². The maximum atomic E-state index is 6.77. The lowest BCUT2D eigenvalue weighted by Gasteiger charge is -2.61. The monoisotopic (exact) mass is 305 g/mol. The summed E-state index contributed by atoms with van der Waals surface area (Å²) in [5.41, 5.74) is 0.622. The molecule has 0 aromatic rings. The lowest BCUT2D eigenvalue weighted by molar-refractivity contribution is -0.0894. The van der Waals surface area contributed by atoms with Crippen molar-refractivity contribution >= 4 is 7.85 Å². The minimum absolute atomic E-state index is 0.147. The first-order chi connectivity index (χ1) is 9.71. The highest BCUT2D eigenvalue weighted by Gasteiger charge is 2.51. The van der Waals surface area contributed by atoms with E-state index in [0.717, 1.165) is 12.8 Å². The molecular weight excluding hydrogens is 265 g/mol. The van der Waals surface area contributed by atoms with E-state index in [1.54, 1.807) is 0 Å². The molecule has 2 radical (unpaired) electrons. The minimum Gasteiger partial charge on any atom is -0.290 e. The van der Waals surface area contributed by atoms with Gasteiger partial charge in [-0.25, -0.2) is 0 Å². The summed E-state index contributed by atoms with van der Waals surface area (Å²) in [5.74, 6) is 0.224. The molecular formula is C20H40BN. The highest BCUT2D eigenvalue weighted by molar-refractivity contribution is 6.12. The first-order valence-corrected chi connectivity index (χ1v) is 9.26. The fraction of sp³-hybridized carbons (Fsp3) is 1.00. The van der Waals surface area contributed by atoms with E-state index in [0.29, 0.717) is 6.04 Å². The number of hydrogen-bond donors (Lipinski definition) is 0. The summed E-state index contributed by atoms with van der Waals surface area (Å²) in [4.78, 5) is 2.83. The van der Waals surface area contributed by atoms with Gasteiger partial charge < -0.3 is 0 Å². The lowest BCUT2D eigenvalue weighted by atomic mass is 9.49. The van der Waals surface area contributed by atoms with Crippen molar-refractivity contribution in [1.82, 2.24) is 4.90 Å². The second-order valence-electron chi connectivity index (χ2n) is 10.3. The maximum absolute atomic E-state index is 6.77. The Labute approximate surface area is 142 Å². The molecule has 128 valence electrons. The van der Waals surface area contributed by atoms with Crippen molar-refractivity contribution in [3.8, 4) is 0 Å². The molecule has 1 fully saturated rings. The summed E-state index contributed by atoms with van der Waals surface area (Å²) in [7, 11) is 6.77. The fourth-order valence-corrected chi connectivity index (χ4v) is 6.14. The topological polar surface area (TPSA) is 3.24 Å². The van der Waals surface area contributed by atoms with E-state index in [4.69, 9.17) is 7.85 Å². The molecule has 0 atom stereocenters. The van der Waals surface area contributed by atoms with Crippen LogP contribution in [-0.4, -0.2) is 29.9 Å². The van der Waals surface area contributed by atoms with Crippen molar-refractivity contribution in [3.05, 3.63) is 0 Å². The Morgan fingerprint density at radius 2 is 1.14 bits per heavy atom. The highest BCUT2D eigenvalue weighted by Crippen LogP contribution is 2.55. The molecule has 1 rings (SSSR count). The smallest absolute Gasteiger partial charge is 0.0714 e. The van der Waals surface area contributed by atoms with Crippen LogP contribution in [0.5, 0.6) is 0 Å². The summed E-state index contributed by atoms with van der Waals surface area (Å²) < 4.78 is 0. The van der Waals surface area contributed by atoms with Crippen LogP contribution in [0.4, 0.5) is 0 Å². The summed E-state index contributed by atoms with van der Waals surface area (Å²) >= 11 is 0. The van der Waals surface area contributed by atoms with E-state index >= 15 is 0 Å². The van der Waals surface area contributed by atoms with Crippen molar-refractivity contribution in [1.29, 1.82) is 0 Å². The third-order valence-corrected chi connectivity index (χ3v) is 6.07. The molecule has 1 saturated heterocycles. The number of nitrogens with zero attached hydrogens (tertiary/aromatic N) is 1. The van der Waals surface area contributed by atoms with Crippen LogP contribution in [0, 0.1) is 10.8 Å². The van der Waals surface area contributed by atoms with Crippen LogP contribution in [0.2, 0.25) is 5.82 Å². The van der Waals surface area contributed by atoms with Gasteiger partial charge in [0.15, 0.2) is 0 Å². The first kappa shape index (κ1) is 20.1. The average molecular weight is 305 g/mol. The van der Waals surface area contributed by atoms with Crippen molar-refractivity contribution in [2.75, 3.05) is 0 Å². The number of rotatable bonds is 3. The maximum Gasteiger partial charge on any atom is 0.0714 e. The van der Waals surface area contributed by atoms with E-state index < -0.39 is 0 Å². The summed E-state index contributed by atoms with van der Waals surface area (Å²) in [6, 6.07) is 0.644. The van der Waals surface area contributed by atoms with Crippen LogP contribution in [0.15, 0.2) is 0 Å². The van der Waals surface area contributed by atoms with Gasteiger partial charge in [0, 0.05) is 17.1 Å². The molecule has 0 aromatic heterocycles. The van der Waals surface area contributed by atoms with Crippen molar-refractivity contribution < 1.29 is 0 Å². The Balaban J connectivity index is 3.42. The summed E-state index contributed by atoms with van der Waals surface area (Å²) in [6.07, 6.45) is 4.72. The molecule has 0 aliphatic carbocycles. The minimum atomic E-state index is 0.147. The van der Waals surface area contributed by atoms with Gasteiger partial charge >= 0.3 is 0 Å². The largest absolute Gasteiger partial charge is 0.290 e. The van der Waals surface area contributed by atoms with Crippen LogP contribution < -0.4 is 0 Å². The number of likely N-dealkylation sites (tertiary alicyclic amines) is 1. The van der Waals surface area contributed by atoms with Crippen molar-refractivity contribution in [2.24, 2.45) is 10.8 Å². The van der Waals surface area contributed by atoms with Gasteiger partial charge in [0.2, 0.25) is 0 Å². The van der Waals surface area contributed by atoms with Gasteiger partial charge in [-0.2, -0.15) is 0 Å². The Hall–Kier alpha value is 0.0249. The molecule has 0 bridgehead atoms. The van der Waals surface area contributed by atoms with Crippen molar-refractivity contribution in [2.45, 2.75) is 118 Å². The Kier molecular flexibility index (Phi) is 5.61.